The summed E-state index contributed by atoms with van der Waals surface area (Å²) >= 11 is 11.7. The van der Waals surface area contributed by atoms with E-state index >= 15 is 0 Å². The van der Waals surface area contributed by atoms with E-state index in [9.17, 15) is 4.79 Å². The Labute approximate surface area is 208 Å². The van der Waals surface area contributed by atoms with Crippen LogP contribution in [0.3, 0.4) is 0 Å². The Morgan fingerprint density at radius 1 is 1.13 bits per heavy atom. The number of hydrogen-bond acceptors (Lipinski definition) is 4. The molecule has 0 unspecified atom stereocenters. The third-order valence-corrected chi connectivity index (χ3v) is 5.67. The molecule has 0 bridgehead atoms. The first-order chi connectivity index (χ1) is 15.0. The molecule has 3 aromatic carbocycles. The maximum atomic E-state index is 12.2. The molecule has 0 fully saturated rings. The molecule has 8 heteroatoms. The third-order valence-electron chi connectivity index (χ3n) is 4.11. The number of halogens is 3. The summed E-state index contributed by atoms with van der Waals surface area (Å²) in [4.78, 5) is 12.2. The minimum absolute atomic E-state index is 0.325. The molecule has 0 aliphatic rings. The van der Waals surface area contributed by atoms with E-state index in [4.69, 9.17) is 21.1 Å². The van der Waals surface area contributed by atoms with Crippen molar-refractivity contribution in [2.24, 2.45) is 5.10 Å². The first kappa shape index (κ1) is 23.6. The van der Waals surface area contributed by atoms with Crippen molar-refractivity contribution in [3.63, 3.8) is 0 Å². The summed E-state index contributed by atoms with van der Waals surface area (Å²) in [6, 6.07) is 18.4. The van der Waals surface area contributed by atoms with Gasteiger partial charge in [0.05, 0.1) is 17.3 Å². The summed E-state index contributed by atoms with van der Waals surface area (Å²) in [5.74, 6) is 0.880. The summed E-state index contributed by atoms with van der Waals surface area (Å²) in [7, 11) is 0. The van der Waals surface area contributed by atoms with Gasteiger partial charge in [0, 0.05) is 14.2 Å². The van der Waals surface area contributed by atoms with E-state index in [1.54, 1.807) is 30.5 Å². The van der Waals surface area contributed by atoms with Crippen molar-refractivity contribution >= 4 is 62.2 Å². The largest absolute Gasteiger partial charge is 0.490 e. The molecule has 160 valence electrons. The molecule has 0 spiro atoms. The number of ether oxygens (including phenoxy) is 2. The molecular formula is C23H19BrClIN2O3. The molecule has 0 heterocycles. The fraction of sp³-hybridized carbons (Fsp3) is 0.130. The van der Waals surface area contributed by atoms with E-state index < -0.39 is 0 Å². The average molecular weight is 614 g/mol. The van der Waals surface area contributed by atoms with Crippen LogP contribution in [-0.4, -0.2) is 18.7 Å². The second-order valence-electron chi connectivity index (χ2n) is 6.38. The molecule has 0 aliphatic carbocycles. The van der Waals surface area contributed by atoms with Crippen LogP contribution in [0.1, 0.15) is 28.4 Å². The lowest BCUT2D eigenvalue weighted by Gasteiger charge is -2.14. The van der Waals surface area contributed by atoms with Crippen LogP contribution in [0.15, 0.2) is 70.2 Å². The van der Waals surface area contributed by atoms with Gasteiger partial charge in [-0.05, 0) is 105 Å². The van der Waals surface area contributed by atoms with Crippen molar-refractivity contribution in [3.05, 3.63) is 90.4 Å². The maximum Gasteiger partial charge on any atom is 0.271 e. The molecule has 1 amide bonds. The molecule has 31 heavy (non-hydrogen) atoms. The Balaban J connectivity index is 1.71. The van der Waals surface area contributed by atoms with Gasteiger partial charge in [0.2, 0.25) is 0 Å². The number of hydrogen-bond donors (Lipinski definition) is 1. The molecule has 0 saturated carbocycles. The van der Waals surface area contributed by atoms with E-state index in [-0.39, 0.29) is 5.91 Å². The van der Waals surface area contributed by atoms with Gasteiger partial charge in [-0.15, -0.1) is 0 Å². The molecular weight excluding hydrogens is 595 g/mol. The number of hydrazone groups is 1. The molecule has 0 aromatic heterocycles. The number of rotatable bonds is 8. The maximum absolute atomic E-state index is 12.2. The van der Waals surface area contributed by atoms with Crippen LogP contribution in [0, 0.1) is 3.57 Å². The SMILES string of the molecule is CCOc1cc(/C=N\NC(=O)c2ccc(Cl)cc2)cc(Br)c1OCc1ccc(I)cc1. The van der Waals surface area contributed by atoms with Gasteiger partial charge in [-0.1, -0.05) is 23.7 Å². The van der Waals surface area contributed by atoms with Crippen molar-refractivity contribution in [2.75, 3.05) is 6.61 Å². The van der Waals surface area contributed by atoms with E-state index in [0.717, 1.165) is 15.6 Å². The Kier molecular flexibility index (Phi) is 8.74. The summed E-state index contributed by atoms with van der Waals surface area (Å²) in [5, 5.41) is 4.61. The predicted octanol–water partition coefficient (Wildman–Crippen LogP) is 6.45. The van der Waals surface area contributed by atoms with Gasteiger partial charge in [0.25, 0.3) is 5.91 Å². The summed E-state index contributed by atoms with van der Waals surface area (Å²) in [6.45, 7) is 2.81. The van der Waals surface area contributed by atoms with Crippen LogP contribution < -0.4 is 14.9 Å². The zero-order chi connectivity index (χ0) is 22.2. The lowest BCUT2D eigenvalue weighted by Crippen LogP contribution is -2.17. The Morgan fingerprint density at radius 2 is 1.84 bits per heavy atom. The zero-order valence-corrected chi connectivity index (χ0v) is 21.1. The summed E-state index contributed by atoms with van der Waals surface area (Å²) < 4.78 is 13.7. The van der Waals surface area contributed by atoms with Gasteiger partial charge in [0.15, 0.2) is 11.5 Å². The second kappa shape index (κ2) is 11.5. The zero-order valence-electron chi connectivity index (χ0n) is 16.6. The fourth-order valence-electron chi connectivity index (χ4n) is 2.63. The van der Waals surface area contributed by atoms with Crippen molar-refractivity contribution in [1.82, 2.24) is 5.43 Å². The second-order valence-corrected chi connectivity index (χ2v) is 8.92. The third kappa shape index (κ3) is 6.95. The standard InChI is InChI=1S/C23H19BrClIN2O3/c1-2-30-21-12-16(13-27-28-23(29)17-5-7-18(25)8-6-17)11-20(24)22(21)31-14-15-3-9-19(26)10-4-15/h3-13H,2,14H2,1H3,(H,28,29)/b27-13-. The van der Waals surface area contributed by atoms with E-state index in [0.29, 0.717) is 35.3 Å². The van der Waals surface area contributed by atoms with Gasteiger partial charge in [-0.2, -0.15) is 5.10 Å². The van der Waals surface area contributed by atoms with Crippen LogP contribution in [-0.2, 0) is 6.61 Å². The van der Waals surface area contributed by atoms with Crippen LogP contribution in [0.25, 0.3) is 0 Å². The van der Waals surface area contributed by atoms with Crippen LogP contribution >= 0.6 is 50.1 Å². The lowest BCUT2D eigenvalue weighted by molar-refractivity contribution is 0.0955. The smallest absolute Gasteiger partial charge is 0.271 e. The lowest BCUT2D eigenvalue weighted by atomic mass is 10.2. The first-order valence-electron chi connectivity index (χ1n) is 9.39. The molecule has 3 rings (SSSR count). The van der Waals surface area contributed by atoms with E-state index in [2.05, 4.69) is 49.0 Å². The quantitative estimate of drug-likeness (QED) is 0.181. The number of nitrogens with one attached hydrogen (secondary N) is 1. The van der Waals surface area contributed by atoms with Crippen LogP contribution in [0.4, 0.5) is 0 Å². The average Bonchev–Trinajstić information content (AvgIpc) is 2.75. The number of benzene rings is 3. The monoisotopic (exact) mass is 612 g/mol. The van der Waals surface area contributed by atoms with Crippen molar-refractivity contribution in [2.45, 2.75) is 13.5 Å². The highest BCUT2D eigenvalue weighted by molar-refractivity contribution is 14.1. The number of nitrogens with zero attached hydrogens (tertiary/aromatic N) is 1. The van der Waals surface area contributed by atoms with Gasteiger partial charge >= 0.3 is 0 Å². The van der Waals surface area contributed by atoms with E-state index in [1.807, 2.05) is 43.3 Å². The normalized spacial score (nSPS) is 10.8. The number of amides is 1. The van der Waals surface area contributed by atoms with Crippen LogP contribution in [0.5, 0.6) is 11.5 Å². The molecule has 0 radical (unpaired) electrons. The summed E-state index contributed by atoms with van der Waals surface area (Å²) in [5.41, 5.74) is 4.78. The minimum Gasteiger partial charge on any atom is -0.490 e. The molecule has 3 aromatic rings. The van der Waals surface area contributed by atoms with Gasteiger partial charge in [-0.25, -0.2) is 5.43 Å². The molecule has 0 atom stereocenters. The van der Waals surface area contributed by atoms with Crippen LogP contribution in [0.2, 0.25) is 5.02 Å². The van der Waals surface area contributed by atoms with Gasteiger partial charge in [-0.3, -0.25) is 4.79 Å². The summed E-state index contributed by atoms with van der Waals surface area (Å²) in [6.07, 6.45) is 1.55. The van der Waals surface area contributed by atoms with Gasteiger partial charge in [0.1, 0.15) is 6.61 Å². The van der Waals surface area contributed by atoms with Gasteiger partial charge < -0.3 is 9.47 Å². The number of carbonyl (C=O) groups excluding carboxylic acids is 1. The van der Waals surface area contributed by atoms with Crippen molar-refractivity contribution in [3.8, 4) is 11.5 Å². The highest BCUT2D eigenvalue weighted by Gasteiger charge is 2.12. The molecule has 5 nitrogen and oxygen atoms in total. The molecule has 0 aliphatic heterocycles. The Bertz CT molecular complexity index is 1070. The Hall–Kier alpha value is -2.10. The highest BCUT2D eigenvalue weighted by atomic mass is 127. The fourth-order valence-corrected chi connectivity index (χ4v) is 3.69. The molecule has 1 N–H and O–H groups in total. The number of carbonyl (C=O) groups is 1. The van der Waals surface area contributed by atoms with Crippen molar-refractivity contribution < 1.29 is 14.3 Å². The Morgan fingerprint density at radius 3 is 2.52 bits per heavy atom. The minimum atomic E-state index is -0.325. The molecule has 0 saturated heterocycles. The predicted molar refractivity (Wildman–Crippen MR) is 135 cm³/mol. The first-order valence-corrected chi connectivity index (χ1v) is 11.6. The van der Waals surface area contributed by atoms with E-state index in [1.165, 1.54) is 3.57 Å². The van der Waals surface area contributed by atoms with Crippen molar-refractivity contribution in [1.29, 1.82) is 0 Å². The topological polar surface area (TPSA) is 59.9 Å². The highest BCUT2D eigenvalue weighted by Crippen LogP contribution is 2.37.